The van der Waals surface area contributed by atoms with Crippen LogP contribution in [0.3, 0.4) is 0 Å². The molecule has 1 aromatic rings. The van der Waals surface area contributed by atoms with Crippen LogP contribution < -0.4 is 20.7 Å². The van der Waals surface area contributed by atoms with Crippen molar-refractivity contribution in [2.45, 2.75) is 142 Å². The number of nitrogens with one attached hydrogen (secondary N) is 4. The minimum atomic E-state index is -3.86. The maximum absolute atomic E-state index is 14.4. The molecule has 1 saturated heterocycles. The number of likely N-dealkylation sites (tertiary alicyclic amines) is 1. The van der Waals surface area contributed by atoms with Crippen molar-refractivity contribution in [3.8, 4) is 0 Å². The standard InChI is InChI=1S/C43H72N6O9S/c1-13-28(7)38(48(10)43(54)37(26(4)5)46-42(53)36(44-9)25(2)3)34(57-11)23-35(50)49-24-27(6)21-33(49)39(58-12)29(8)40(51)45-32(22-30-17-15-14-16-18-30)41(52)47-59(55,56)31-19-20-31/h14-18,25-29,31-34,36-39,44H,13,19-24H2,1-12H3,(H,45,51)(H,46,53)(H,47,52)/t27-,28+,29-,32+,33+,34-,36+,37+,38+,39-/m1/s1. The quantitative estimate of drug-likeness (QED) is 0.127. The number of rotatable bonds is 23. The molecular formula is C43H72N6O9S. The summed E-state index contributed by atoms with van der Waals surface area (Å²) in [5, 5.41) is 8.19. The van der Waals surface area contributed by atoms with Crippen LogP contribution in [0.15, 0.2) is 30.3 Å². The lowest BCUT2D eigenvalue weighted by atomic mass is 9.89. The summed E-state index contributed by atoms with van der Waals surface area (Å²) < 4.78 is 39.6. The first-order valence-corrected chi connectivity index (χ1v) is 22.8. The Morgan fingerprint density at radius 1 is 0.881 bits per heavy atom. The number of ether oxygens (including phenoxy) is 2. The second-order valence-corrected chi connectivity index (χ2v) is 19.4. The summed E-state index contributed by atoms with van der Waals surface area (Å²) in [4.78, 5) is 72.7. The van der Waals surface area contributed by atoms with Gasteiger partial charge in [0.25, 0.3) is 5.91 Å². The van der Waals surface area contributed by atoms with Crippen LogP contribution in [0.5, 0.6) is 0 Å². The summed E-state index contributed by atoms with van der Waals surface area (Å²) in [5.41, 5.74) is 0.739. The maximum Gasteiger partial charge on any atom is 0.256 e. The van der Waals surface area contributed by atoms with Gasteiger partial charge >= 0.3 is 0 Å². The second kappa shape index (κ2) is 22.3. The van der Waals surface area contributed by atoms with Gasteiger partial charge in [0.1, 0.15) is 12.1 Å². The molecule has 1 aliphatic heterocycles. The minimum absolute atomic E-state index is 0.00500. The Morgan fingerprint density at radius 2 is 1.49 bits per heavy atom. The number of carbonyl (C=O) groups is 5. The van der Waals surface area contributed by atoms with E-state index >= 15 is 0 Å². The van der Waals surface area contributed by atoms with E-state index in [0.29, 0.717) is 32.2 Å². The van der Waals surface area contributed by atoms with Gasteiger partial charge in [-0.25, -0.2) is 8.42 Å². The monoisotopic (exact) mass is 849 g/mol. The summed E-state index contributed by atoms with van der Waals surface area (Å²) in [6, 6.07) is 5.55. The van der Waals surface area contributed by atoms with Crippen molar-refractivity contribution in [1.29, 1.82) is 0 Å². The number of nitrogens with zero attached hydrogens (tertiary/aromatic N) is 2. The number of methoxy groups -OCH3 is 2. The molecule has 15 nitrogen and oxygen atoms in total. The van der Waals surface area contributed by atoms with E-state index in [2.05, 4.69) is 20.7 Å². The third-order valence-electron chi connectivity index (χ3n) is 12.1. The number of carbonyl (C=O) groups excluding carboxylic acids is 5. The third-order valence-corrected chi connectivity index (χ3v) is 14.0. The highest BCUT2D eigenvalue weighted by atomic mass is 32.2. The Morgan fingerprint density at radius 3 is 2.00 bits per heavy atom. The average Bonchev–Trinajstić information content (AvgIpc) is 3.99. The van der Waals surface area contributed by atoms with Crippen molar-refractivity contribution < 1.29 is 41.9 Å². The van der Waals surface area contributed by atoms with Crippen LogP contribution in [0, 0.1) is 29.6 Å². The molecule has 59 heavy (non-hydrogen) atoms. The summed E-state index contributed by atoms with van der Waals surface area (Å²) in [6.45, 7) is 15.8. The lowest BCUT2D eigenvalue weighted by Gasteiger charge is -2.41. The van der Waals surface area contributed by atoms with Crippen molar-refractivity contribution in [3.05, 3.63) is 35.9 Å². The molecule has 1 heterocycles. The number of amides is 5. The van der Waals surface area contributed by atoms with Gasteiger partial charge in [-0.2, -0.15) is 0 Å². The number of hydrogen-bond acceptors (Lipinski definition) is 10. The van der Waals surface area contributed by atoms with Gasteiger partial charge in [-0.3, -0.25) is 28.7 Å². The first-order valence-electron chi connectivity index (χ1n) is 21.2. The van der Waals surface area contributed by atoms with Crippen molar-refractivity contribution in [3.63, 3.8) is 0 Å². The van der Waals surface area contributed by atoms with Crippen LogP contribution >= 0.6 is 0 Å². The Labute approximate surface area is 352 Å². The molecule has 4 N–H and O–H groups in total. The van der Waals surface area contributed by atoms with E-state index in [1.165, 1.54) is 14.2 Å². The highest BCUT2D eigenvalue weighted by Gasteiger charge is 2.45. The predicted molar refractivity (Wildman–Crippen MR) is 227 cm³/mol. The zero-order valence-corrected chi connectivity index (χ0v) is 38.1. The van der Waals surface area contributed by atoms with Gasteiger partial charge in [-0.15, -0.1) is 0 Å². The number of hydrogen-bond donors (Lipinski definition) is 4. The van der Waals surface area contributed by atoms with Crippen LogP contribution in [-0.2, 0) is 49.9 Å². The molecule has 1 aromatic carbocycles. The Bertz CT molecular complexity index is 1670. The molecule has 3 rings (SSSR count). The van der Waals surface area contributed by atoms with Crippen molar-refractivity contribution in [2.24, 2.45) is 29.6 Å². The Hall–Kier alpha value is -3.60. The van der Waals surface area contributed by atoms with Crippen LogP contribution in [0.4, 0.5) is 0 Å². The Kier molecular flexibility index (Phi) is 18.8. The zero-order chi connectivity index (χ0) is 44.4. The molecule has 5 amide bonds. The molecule has 0 spiro atoms. The van der Waals surface area contributed by atoms with Crippen LogP contribution in [0.25, 0.3) is 0 Å². The fourth-order valence-corrected chi connectivity index (χ4v) is 9.67. The van der Waals surface area contributed by atoms with E-state index in [1.54, 1.807) is 55.1 Å². The fraction of sp³-hybridized carbons (Fsp3) is 0.744. The summed E-state index contributed by atoms with van der Waals surface area (Å²) >= 11 is 0. The molecule has 1 saturated carbocycles. The molecule has 2 aliphatic rings. The van der Waals surface area contributed by atoms with Gasteiger partial charge in [-0.05, 0) is 55.5 Å². The second-order valence-electron chi connectivity index (χ2n) is 17.4. The highest BCUT2D eigenvalue weighted by molar-refractivity contribution is 7.90. The zero-order valence-electron chi connectivity index (χ0n) is 37.3. The number of benzene rings is 1. The summed E-state index contributed by atoms with van der Waals surface area (Å²) in [5.74, 6) is -3.12. The third kappa shape index (κ3) is 13.2. The van der Waals surface area contributed by atoms with Gasteiger partial charge in [0.15, 0.2) is 0 Å². The average molecular weight is 849 g/mol. The first-order chi connectivity index (χ1) is 27.7. The van der Waals surface area contributed by atoms with Crippen LogP contribution in [-0.4, -0.2) is 130 Å². The van der Waals surface area contributed by atoms with Gasteiger partial charge in [0.2, 0.25) is 33.7 Å². The van der Waals surface area contributed by atoms with E-state index in [9.17, 15) is 32.4 Å². The van der Waals surface area contributed by atoms with E-state index in [-0.39, 0.29) is 54.2 Å². The van der Waals surface area contributed by atoms with Gasteiger partial charge in [-0.1, -0.05) is 92.1 Å². The molecular weight excluding hydrogens is 777 g/mol. The molecule has 2 fully saturated rings. The van der Waals surface area contributed by atoms with E-state index in [0.717, 1.165) is 5.56 Å². The molecule has 0 radical (unpaired) electrons. The maximum atomic E-state index is 14.4. The van der Waals surface area contributed by atoms with Crippen LogP contribution in [0.1, 0.15) is 93.1 Å². The normalized spacial score (nSPS) is 21.2. The van der Waals surface area contributed by atoms with Crippen LogP contribution in [0.2, 0.25) is 0 Å². The predicted octanol–water partition coefficient (Wildman–Crippen LogP) is 2.87. The minimum Gasteiger partial charge on any atom is -0.379 e. The van der Waals surface area contributed by atoms with E-state index in [1.807, 2.05) is 54.5 Å². The van der Waals surface area contributed by atoms with Gasteiger partial charge in [0, 0.05) is 34.2 Å². The van der Waals surface area contributed by atoms with Crippen molar-refractivity contribution >= 4 is 39.6 Å². The molecule has 0 aromatic heterocycles. The van der Waals surface area contributed by atoms with E-state index in [4.69, 9.17) is 9.47 Å². The molecule has 334 valence electrons. The molecule has 0 bridgehead atoms. The molecule has 0 unspecified atom stereocenters. The lowest BCUT2D eigenvalue weighted by Crippen LogP contribution is -2.59. The number of likely N-dealkylation sites (N-methyl/N-ethyl adjacent to an activating group) is 2. The Balaban J connectivity index is 1.83. The van der Waals surface area contributed by atoms with Crippen molar-refractivity contribution in [1.82, 2.24) is 30.5 Å². The topological polar surface area (TPSA) is 193 Å². The highest BCUT2D eigenvalue weighted by Crippen LogP contribution is 2.32. The molecule has 16 heteroatoms. The van der Waals surface area contributed by atoms with Gasteiger partial charge < -0.3 is 35.2 Å². The smallest absolute Gasteiger partial charge is 0.256 e. The van der Waals surface area contributed by atoms with Gasteiger partial charge in [0.05, 0.1) is 47.9 Å². The summed E-state index contributed by atoms with van der Waals surface area (Å²) in [7, 11) is 2.56. The molecule has 10 atom stereocenters. The van der Waals surface area contributed by atoms with Crippen molar-refractivity contribution in [2.75, 3.05) is 34.9 Å². The first kappa shape index (κ1) is 49.8. The number of sulfonamides is 1. The largest absolute Gasteiger partial charge is 0.379 e. The van der Waals surface area contributed by atoms with E-state index < -0.39 is 75.4 Å². The lowest BCUT2D eigenvalue weighted by molar-refractivity contribution is -0.148. The SMILES string of the molecule is CC[C@H](C)[C@@H]([C@@H](CC(=O)N1C[C@H](C)C[C@H]1[C@H](OC)[C@@H](C)C(=O)N[C@@H](Cc1ccccc1)C(=O)NS(=O)(=O)C1CC1)OC)N(C)C(=O)[C@@H](NC(=O)[C@@H](NC)C(C)C)C(C)C. The summed E-state index contributed by atoms with van der Waals surface area (Å²) in [6.07, 6.45) is 0.766. The molecule has 1 aliphatic carbocycles. The fourth-order valence-electron chi connectivity index (χ4n) is 8.32.